The van der Waals surface area contributed by atoms with Crippen LogP contribution in [0.2, 0.25) is 18.1 Å². The van der Waals surface area contributed by atoms with E-state index in [1.165, 1.54) is 0 Å². The highest BCUT2D eigenvalue weighted by Crippen LogP contribution is 2.47. The molecule has 1 unspecified atom stereocenters. The van der Waals surface area contributed by atoms with Gasteiger partial charge in [0.2, 0.25) is 0 Å². The van der Waals surface area contributed by atoms with Crippen LogP contribution in [0.25, 0.3) is 0 Å². The van der Waals surface area contributed by atoms with Gasteiger partial charge in [-0.15, -0.1) is 0 Å². The molecule has 1 atom stereocenters. The zero-order valence-corrected chi connectivity index (χ0v) is 17.2. The second-order valence-corrected chi connectivity index (χ2v) is 13.1. The molecule has 1 aromatic carbocycles. The van der Waals surface area contributed by atoms with Crippen molar-refractivity contribution in [2.45, 2.75) is 65.0 Å². The van der Waals surface area contributed by atoms with Gasteiger partial charge in [-0.05, 0) is 30.6 Å². The molecule has 1 aromatic rings. The summed E-state index contributed by atoms with van der Waals surface area (Å²) in [6.07, 6.45) is 0.861. The van der Waals surface area contributed by atoms with E-state index in [1.54, 1.807) is 7.11 Å². The molecule has 2 heterocycles. The van der Waals surface area contributed by atoms with Crippen LogP contribution in [-0.2, 0) is 22.5 Å². The van der Waals surface area contributed by atoms with Crippen LogP contribution in [0.15, 0.2) is 0 Å². The first-order valence-corrected chi connectivity index (χ1v) is 11.7. The predicted molar refractivity (Wildman–Crippen MR) is 98.1 cm³/mol. The van der Waals surface area contributed by atoms with Crippen LogP contribution >= 0.6 is 0 Å². The topological polar surface area (TPSA) is 57.3 Å². The third-order valence-corrected chi connectivity index (χ3v) is 9.95. The largest absolute Gasteiger partial charge is 0.543 e. The van der Waals surface area contributed by atoms with Crippen molar-refractivity contribution in [2.75, 3.05) is 13.7 Å². The summed E-state index contributed by atoms with van der Waals surface area (Å²) in [6, 6.07) is 0. The van der Waals surface area contributed by atoms with E-state index in [0.717, 1.165) is 29.0 Å². The zero-order chi connectivity index (χ0) is 18.6. The number of benzene rings is 1. The Morgan fingerprint density at radius 2 is 1.88 bits per heavy atom. The summed E-state index contributed by atoms with van der Waals surface area (Å²) >= 11 is 0. The number of methoxy groups -OCH3 is 1. The van der Waals surface area contributed by atoms with E-state index in [0.29, 0.717) is 17.7 Å². The summed E-state index contributed by atoms with van der Waals surface area (Å²) in [6.45, 7) is 13.9. The average molecular weight is 365 g/mol. The van der Waals surface area contributed by atoms with Crippen molar-refractivity contribution in [2.24, 2.45) is 0 Å². The Morgan fingerprint density at radius 1 is 1.24 bits per heavy atom. The first kappa shape index (κ1) is 18.3. The maximum absolute atomic E-state index is 12.5. The molecule has 0 N–H and O–H groups in total. The maximum Gasteiger partial charge on any atom is 0.342 e. The molecule has 0 aromatic heterocycles. The second-order valence-electron chi connectivity index (χ2n) is 8.42. The van der Waals surface area contributed by atoms with E-state index < -0.39 is 8.32 Å². The summed E-state index contributed by atoms with van der Waals surface area (Å²) < 4.78 is 23.1. The maximum atomic E-state index is 12.5. The highest BCUT2D eigenvalue weighted by molar-refractivity contribution is 6.74. The summed E-state index contributed by atoms with van der Waals surface area (Å²) in [5, 5.41) is 0.0217. The predicted octanol–water partition coefficient (Wildman–Crippen LogP) is 4.00. The standard InChI is InChI=1S/C19H28O5Si/c1-11-14-10-23-18(20)15(14)17(24-25(6,7)19(2,3)4)13(16(11)21-5)8-12-9-22-12/h12H,8-10H2,1-7H3. The summed E-state index contributed by atoms with van der Waals surface area (Å²) in [4.78, 5) is 12.5. The second kappa shape index (κ2) is 6.02. The van der Waals surface area contributed by atoms with Gasteiger partial charge in [0.1, 0.15) is 23.7 Å². The zero-order valence-electron chi connectivity index (χ0n) is 16.2. The first-order valence-electron chi connectivity index (χ1n) is 8.77. The van der Waals surface area contributed by atoms with Crippen LogP contribution in [-0.4, -0.2) is 34.1 Å². The van der Waals surface area contributed by atoms with E-state index in [1.807, 2.05) is 6.92 Å². The van der Waals surface area contributed by atoms with Gasteiger partial charge >= 0.3 is 5.97 Å². The van der Waals surface area contributed by atoms with Crippen molar-refractivity contribution >= 4 is 14.3 Å². The number of carbonyl (C=O) groups is 1. The number of ether oxygens (including phenoxy) is 3. The number of epoxide rings is 1. The van der Waals surface area contributed by atoms with Crippen LogP contribution < -0.4 is 9.16 Å². The van der Waals surface area contributed by atoms with Crippen molar-refractivity contribution in [3.8, 4) is 11.5 Å². The SMILES string of the molecule is COc1c(C)c2c(c(O[Si](C)(C)C(C)(C)C)c1CC1CO1)C(=O)OC2. The summed E-state index contributed by atoms with van der Waals surface area (Å²) in [7, 11) is -0.471. The number of carbonyl (C=O) groups excluding carboxylic acids is 1. The molecule has 0 bridgehead atoms. The molecule has 5 nitrogen and oxygen atoms in total. The molecule has 0 radical (unpaired) electrons. The smallest absolute Gasteiger partial charge is 0.342 e. The van der Waals surface area contributed by atoms with Crippen LogP contribution in [0.5, 0.6) is 11.5 Å². The van der Waals surface area contributed by atoms with Crippen molar-refractivity contribution < 1.29 is 23.4 Å². The summed E-state index contributed by atoms with van der Waals surface area (Å²) in [5.41, 5.74) is 3.36. The lowest BCUT2D eigenvalue weighted by molar-refractivity contribution is 0.0533. The van der Waals surface area contributed by atoms with Crippen molar-refractivity contribution in [3.05, 3.63) is 22.3 Å². The fraction of sp³-hybridized carbons (Fsp3) is 0.632. The van der Waals surface area contributed by atoms with Crippen LogP contribution in [0.4, 0.5) is 0 Å². The Kier molecular flexibility index (Phi) is 4.40. The van der Waals surface area contributed by atoms with Gasteiger partial charge in [-0.2, -0.15) is 0 Å². The lowest BCUT2D eigenvalue weighted by Gasteiger charge is -2.37. The third kappa shape index (κ3) is 3.17. The number of esters is 1. The van der Waals surface area contributed by atoms with E-state index in [4.69, 9.17) is 18.6 Å². The summed E-state index contributed by atoms with van der Waals surface area (Å²) in [5.74, 6) is 1.15. The molecule has 0 saturated carbocycles. The molecule has 0 aliphatic carbocycles. The van der Waals surface area contributed by atoms with Gasteiger partial charge in [-0.3, -0.25) is 0 Å². The Labute approximate surface area is 150 Å². The number of fused-ring (bicyclic) bond motifs is 1. The molecule has 0 amide bonds. The highest BCUT2D eigenvalue weighted by atomic mass is 28.4. The van der Waals surface area contributed by atoms with E-state index in [-0.39, 0.29) is 23.7 Å². The van der Waals surface area contributed by atoms with E-state index in [2.05, 4.69) is 33.9 Å². The molecule has 25 heavy (non-hydrogen) atoms. The Bertz CT molecular complexity index is 714. The Balaban J connectivity index is 2.20. The van der Waals surface area contributed by atoms with Crippen LogP contribution in [0.1, 0.15) is 47.8 Å². The van der Waals surface area contributed by atoms with Gasteiger partial charge in [0.25, 0.3) is 8.32 Å². The van der Waals surface area contributed by atoms with Crippen LogP contribution in [0.3, 0.4) is 0 Å². The van der Waals surface area contributed by atoms with Gasteiger partial charge in [-0.1, -0.05) is 20.8 Å². The Morgan fingerprint density at radius 3 is 2.40 bits per heavy atom. The average Bonchev–Trinajstić information content (AvgIpc) is 3.23. The van der Waals surface area contributed by atoms with Crippen molar-refractivity contribution in [1.82, 2.24) is 0 Å². The molecule has 1 saturated heterocycles. The molecular formula is C19H28O5Si. The molecular weight excluding hydrogens is 336 g/mol. The molecule has 2 aliphatic rings. The normalized spacial score (nSPS) is 19.5. The van der Waals surface area contributed by atoms with E-state index >= 15 is 0 Å². The number of rotatable bonds is 5. The lowest BCUT2D eigenvalue weighted by Crippen LogP contribution is -2.44. The number of cyclic esters (lactones) is 1. The molecule has 0 spiro atoms. The lowest BCUT2D eigenvalue weighted by atomic mass is 9.95. The minimum Gasteiger partial charge on any atom is -0.543 e. The first-order chi connectivity index (χ1) is 11.6. The number of hydrogen-bond donors (Lipinski definition) is 0. The molecule has 1 fully saturated rings. The quantitative estimate of drug-likeness (QED) is 0.449. The van der Waals surface area contributed by atoms with Gasteiger partial charge in [0, 0.05) is 17.5 Å². The highest BCUT2D eigenvalue weighted by Gasteiger charge is 2.43. The molecule has 2 aliphatic heterocycles. The molecule has 138 valence electrons. The van der Waals surface area contributed by atoms with Crippen molar-refractivity contribution in [3.63, 3.8) is 0 Å². The van der Waals surface area contributed by atoms with E-state index in [9.17, 15) is 4.79 Å². The van der Waals surface area contributed by atoms with Crippen molar-refractivity contribution in [1.29, 1.82) is 0 Å². The molecule has 6 heteroatoms. The monoisotopic (exact) mass is 364 g/mol. The Hall–Kier alpha value is -1.53. The van der Waals surface area contributed by atoms with Gasteiger partial charge < -0.3 is 18.6 Å². The number of hydrogen-bond acceptors (Lipinski definition) is 5. The minimum atomic E-state index is -2.14. The fourth-order valence-electron chi connectivity index (χ4n) is 2.94. The minimum absolute atomic E-state index is 0.0217. The van der Waals surface area contributed by atoms with Gasteiger partial charge in [0.15, 0.2) is 0 Å². The van der Waals surface area contributed by atoms with Gasteiger partial charge in [-0.25, -0.2) is 4.79 Å². The van der Waals surface area contributed by atoms with Gasteiger partial charge in [0.05, 0.1) is 19.8 Å². The molecule has 3 rings (SSSR count). The third-order valence-electron chi connectivity index (χ3n) is 5.62. The van der Waals surface area contributed by atoms with Crippen LogP contribution in [0, 0.1) is 6.92 Å². The fourth-order valence-corrected chi connectivity index (χ4v) is 3.99.